The van der Waals surface area contributed by atoms with Crippen LogP contribution >= 0.6 is 0 Å². The Kier molecular flexibility index (Phi) is 4.98. The minimum absolute atomic E-state index is 0.0911. The standard InChI is InChI=1S/C17H25N5O3/c1-11-20-15-14(21(11)8-9-25-2)6-5-13(18)16(15)22-7-3-4-12(22)10-19-17(23)24/h5-6,12,19H,3-4,7-10,18H2,1-2H3,(H,23,24)/t12-/m0/s1. The van der Waals surface area contributed by atoms with Gasteiger partial charge in [-0.1, -0.05) is 0 Å². The van der Waals surface area contributed by atoms with Gasteiger partial charge in [0.05, 0.1) is 23.5 Å². The average molecular weight is 347 g/mol. The molecule has 1 saturated heterocycles. The number of hydrogen-bond donors (Lipinski definition) is 3. The highest BCUT2D eigenvalue weighted by atomic mass is 16.5. The van der Waals surface area contributed by atoms with Crippen molar-refractivity contribution in [3.05, 3.63) is 18.0 Å². The van der Waals surface area contributed by atoms with Crippen molar-refractivity contribution < 1.29 is 14.6 Å². The molecule has 0 radical (unpaired) electrons. The molecule has 0 saturated carbocycles. The number of nitrogen functional groups attached to an aromatic ring is 1. The van der Waals surface area contributed by atoms with Crippen molar-refractivity contribution in [2.24, 2.45) is 0 Å². The van der Waals surface area contributed by atoms with Gasteiger partial charge in [0.15, 0.2) is 0 Å². The Morgan fingerprint density at radius 1 is 1.52 bits per heavy atom. The highest BCUT2D eigenvalue weighted by Crippen LogP contribution is 2.37. The van der Waals surface area contributed by atoms with Crippen molar-refractivity contribution in [3.8, 4) is 0 Å². The number of anilines is 2. The molecule has 3 rings (SSSR count). The number of nitrogens with two attached hydrogens (primary N) is 1. The van der Waals surface area contributed by atoms with E-state index in [9.17, 15) is 4.79 Å². The summed E-state index contributed by atoms with van der Waals surface area (Å²) in [7, 11) is 1.68. The number of amides is 1. The van der Waals surface area contributed by atoms with Crippen LogP contribution in [0.2, 0.25) is 0 Å². The molecule has 0 spiro atoms. The van der Waals surface area contributed by atoms with E-state index in [4.69, 9.17) is 20.6 Å². The summed E-state index contributed by atoms with van der Waals surface area (Å²) in [6.45, 7) is 4.55. The Labute approximate surface area is 146 Å². The maximum absolute atomic E-state index is 10.8. The van der Waals surface area contributed by atoms with Gasteiger partial charge in [-0.25, -0.2) is 9.78 Å². The number of hydrogen-bond acceptors (Lipinski definition) is 5. The van der Waals surface area contributed by atoms with Crippen LogP contribution in [0, 0.1) is 6.92 Å². The van der Waals surface area contributed by atoms with E-state index in [-0.39, 0.29) is 6.04 Å². The third-order valence-electron chi connectivity index (χ3n) is 4.79. The van der Waals surface area contributed by atoms with Gasteiger partial charge in [-0.15, -0.1) is 0 Å². The molecule has 0 bridgehead atoms. The summed E-state index contributed by atoms with van der Waals surface area (Å²) in [5.41, 5.74) is 9.77. The van der Waals surface area contributed by atoms with E-state index in [0.717, 1.165) is 48.5 Å². The molecule has 1 aromatic heterocycles. The summed E-state index contributed by atoms with van der Waals surface area (Å²) in [4.78, 5) is 17.8. The number of ether oxygens (including phenoxy) is 1. The highest BCUT2D eigenvalue weighted by molar-refractivity contribution is 5.96. The second-order valence-corrected chi connectivity index (χ2v) is 6.35. The van der Waals surface area contributed by atoms with Crippen molar-refractivity contribution in [1.29, 1.82) is 0 Å². The van der Waals surface area contributed by atoms with E-state index in [1.165, 1.54) is 0 Å². The Morgan fingerprint density at radius 3 is 3.04 bits per heavy atom. The maximum atomic E-state index is 10.8. The summed E-state index contributed by atoms with van der Waals surface area (Å²) in [5.74, 6) is 0.915. The molecule has 136 valence electrons. The van der Waals surface area contributed by atoms with Gasteiger partial charge in [0, 0.05) is 32.8 Å². The molecule has 8 heteroatoms. The molecule has 1 amide bonds. The van der Waals surface area contributed by atoms with E-state index < -0.39 is 6.09 Å². The highest BCUT2D eigenvalue weighted by Gasteiger charge is 2.29. The fourth-order valence-corrected chi connectivity index (χ4v) is 3.62. The lowest BCUT2D eigenvalue weighted by molar-refractivity contribution is 0.187. The normalized spacial score (nSPS) is 17.4. The third kappa shape index (κ3) is 3.34. The summed E-state index contributed by atoms with van der Waals surface area (Å²) >= 11 is 0. The van der Waals surface area contributed by atoms with Gasteiger partial charge in [-0.2, -0.15) is 0 Å². The number of rotatable bonds is 6. The Balaban J connectivity index is 2.00. The van der Waals surface area contributed by atoms with Gasteiger partial charge in [0.25, 0.3) is 0 Å². The SMILES string of the molecule is COCCn1c(C)nc2c(N3CCC[C@H]3CNC(=O)O)c(N)ccc21. The Morgan fingerprint density at radius 2 is 2.32 bits per heavy atom. The quantitative estimate of drug-likeness (QED) is 0.688. The van der Waals surface area contributed by atoms with Crippen molar-refractivity contribution in [1.82, 2.24) is 14.9 Å². The Bertz CT molecular complexity index is 773. The molecule has 1 aliphatic rings. The largest absolute Gasteiger partial charge is 0.465 e. The molecular weight excluding hydrogens is 322 g/mol. The number of nitrogens with zero attached hydrogens (tertiary/aromatic N) is 3. The zero-order chi connectivity index (χ0) is 18.0. The van der Waals surface area contributed by atoms with Crippen LogP contribution in [-0.2, 0) is 11.3 Å². The van der Waals surface area contributed by atoms with Crippen molar-refractivity contribution in [2.75, 3.05) is 37.4 Å². The zero-order valence-electron chi connectivity index (χ0n) is 14.7. The number of fused-ring (bicyclic) bond motifs is 1. The second-order valence-electron chi connectivity index (χ2n) is 6.35. The van der Waals surface area contributed by atoms with Crippen molar-refractivity contribution in [2.45, 2.75) is 32.4 Å². The van der Waals surface area contributed by atoms with Crippen LogP contribution in [-0.4, -0.2) is 53.6 Å². The minimum atomic E-state index is -1.00. The number of methoxy groups -OCH3 is 1. The number of nitrogens with one attached hydrogen (secondary N) is 1. The molecule has 4 N–H and O–H groups in total. The van der Waals surface area contributed by atoms with E-state index in [0.29, 0.717) is 18.8 Å². The predicted octanol–water partition coefficient (Wildman–Crippen LogP) is 1.81. The van der Waals surface area contributed by atoms with E-state index in [2.05, 4.69) is 14.8 Å². The van der Waals surface area contributed by atoms with Crippen LogP contribution in [0.4, 0.5) is 16.2 Å². The molecule has 1 fully saturated rings. The van der Waals surface area contributed by atoms with E-state index >= 15 is 0 Å². The first kappa shape index (κ1) is 17.3. The molecule has 1 aromatic carbocycles. The molecule has 1 aliphatic heterocycles. The van der Waals surface area contributed by atoms with Crippen molar-refractivity contribution in [3.63, 3.8) is 0 Å². The number of aryl methyl sites for hydroxylation is 1. The summed E-state index contributed by atoms with van der Waals surface area (Å²) in [5, 5.41) is 11.4. The molecule has 0 aliphatic carbocycles. The van der Waals surface area contributed by atoms with E-state index in [1.807, 2.05) is 19.1 Å². The second kappa shape index (κ2) is 7.18. The van der Waals surface area contributed by atoms with Gasteiger partial charge >= 0.3 is 6.09 Å². The third-order valence-corrected chi connectivity index (χ3v) is 4.79. The van der Waals surface area contributed by atoms with Crippen LogP contribution in [0.15, 0.2) is 12.1 Å². The summed E-state index contributed by atoms with van der Waals surface area (Å²) in [6, 6.07) is 3.99. The molecule has 0 unspecified atom stereocenters. The molecule has 2 aromatic rings. The minimum Gasteiger partial charge on any atom is -0.465 e. The number of imidazole rings is 1. The van der Waals surface area contributed by atoms with Gasteiger partial charge in [-0.05, 0) is 31.9 Å². The lowest BCUT2D eigenvalue weighted by Gasteiger charge is -2.28. The first-order valence-corrected chi connectivity index (χ1v) is 8.50. The first-order valence-electron chi connectivity index (χ1n) is 8.50. The van der Waals surface area contributed by atoms with Crippen LogP contribution in [0.25, 0.3) is 11.0 Å². The summed E-state index contributed by atoms with van der Waals surface area (Å²) < 4.78 is 7.32. The molecule has 2 heterocycles. The monoisotopic (exact) mass is 347 g/mol. The topological polar surface area (TPSA) is 106 Å². The molecular formula is C17H25N5O3. The van der Waals surface area contributed by atoms with E-state index in [1.54, 1.807) is 7.11 Å². The number of carbonyl (C=O) groups is 1. The zero-order valence-corrected chi connectivity index (χ0v) is 14.7. The van der Waals surface area contributed by atoms with Crippen LogP contribution < -0.4 is 16.0 Å². The van der Waals surface area contributed by atoms with Crippen molar-refractivity contribution >= 4 is 28.5 Å². The lowest BCUT2D eigenvalue weighted by atomic mass is 10.1. The number of carboxylic acid groups (broad SMARTS) is 1. The smallest absolute Gasteiger partial charge is 0.404 e. The fourth-order valence-electron chi connectivity index (χ4n) is 3.62. The summed E-state index contributed by atoms with van der Waals surface area (Å²) in [6.07, 6.45) is 0.933. The Hall–Kier alpha value is -2.48. The van der Waals surface area contributed by atoms with Crippen LogP contribution in [0.3, 0.4) is 0 Å². The van der Waals surface area contributed by atoms with Crippen LogP contribution in [0.1, 0.15) is 18.7 Å². The predicted molar refractivity (Wildman–Crippen MR) is 97.2 cm³/mol. The van der Waals surface area contributed by atoms with Gasteiger partial charge in [0.1, 0.15) is 11.3 Å². The van der Waals surface area contributed by atoms with Gasteiger partial charge in [0.2, 0.25) is 0 Å². The van der Waals surface area contributed by atoms with Crippen LogP contribution in [0.5, 0.6) is 0 Å². The fraction of sp³-hybridized carbons (Fsp3) is 0.529. The molecule has 1 atom stereocenters. The average Bonchev–Trinajstić information content (AvgIpc) is 3.15. The van der Waals surface area contributed by atoms with Gasteiger partial charge in [-0.3, -0.25) is 0 Å². The number of aromatic nitrogens is 2. The first-order chi connectivity index (χ1) is 12.0. The maximum Gasteiger partial charge on any atom is 0.404 e. The van der Waals surface area contributed by atoms with Gasteiger partial charge < -0.3 is 30.4 Å². The molecule has 25 heavy (non-hydrogen) atoms. The number of benzene rings is 1. The lowest BCUT2D eigenvalue weighted by Crippen LogP contribution is -2.40. The molecule has 8 nitrogen and oxygen atoms in total.